The summed E-state index contributed by atoms with van der Waals surface area (Å²) in [5, 5.41) is 0. The normalized spacial score (nSPS) is 11.5. The Morgan fingerprint density at radius 2 is 1.52 bits per heavy atom. The lowest BCUT2D eigenvalue weighted by Crippen LogP contribution is -2.26. The number of rotatable bonds is 7. The van der Waals surface area contributed by atoms with Crippen LogP contribution >= 0.6 is 0 Å². The van der Waals surface area contributed by atoms with Crippen LogP contribution in [-0.2, 0) is 16.6 Å². The summed E-state index contributed by atoms with van der Waals surface area (Å²) < 4.78 is 36.9. The molecule has 23 heavy (non-hydrogen) atoms. The van der Waals surface area contributed by atoms with E-state index in [0.29, 0.717) is 18.9 Å². The first-order chi connectivity index (χ1) is 11.0. The Morgan fingerprint density at radius 3 is 2.04 bits per heavy atom. The third-order valence-electron chi connectivity index (χ3n) is 3.41. The molecule has 124 valence electrons. The zero-order chi connectivity index (χ0) is 16.9. The summed E-state index contributed by atoms with van der Waals surface area (Å²) >= 11 is 0. The summed E-state index contributed by atoms with van der Waals surface area (Å²) in [6, 6.07) is 13.8. The summed E-state index contributed by atoms with van der Waals surface area (Å²) in [7, 11) is -0.427. The number of sulfonamides is 1. The molecule has 0 aliphatic carbocycles. The van der Waals surface area contributed by atoms with Gasteiger partial charge in [0.05, 0.1) is 18.6 Å². The van der Waals surface area contributed by atoms with Gasteiger partial charge < -0.3 is 9.47 Å². The molecule has 0 saturated carbocycles. The molecule has 0 N–H and O–H groups in total. The van der Waals surface area contributed by atoms with Gasteiger partial charge in [0.25, 0.3) is 0 Å². The van der Waals surface area contributed by atoms with Crippen LogP contribution in [0.4, 0.5) is 0 Å². The number of nitrogens with zero attached hydrogens (tertiary/aromatic N) is 1. The van der Waals surface area contributed by atoms with E-state index in [2.05, 4.69) is 0 Å². The summed E-state index contributed by atoms with van der Waals surface area (Å²) in [4.78, 5) is 0.242. The van der Waals surface area contributed by atoms with E-state index in [4.69, 9.17) is 9.47 Å². The van der Waals surface area contributed by atoms with E-state index >= 15 is 0 Å². The minimum Gasteiger partial charge on any atom is -0.497 e. The molecule has 0 radical (unpaired) electrons. The SMILES string of the molecule is CCOc1ccc(CN(C)S(=O)(=O)c2ccc(OC)cc2)cc1. The lowest BCUT2D eigenvalue weighted by molar-refractivity contribution is 0.340. The average molecular weight is 335 g/mol. The molecule has 0 heterocycles. The zero-order valence-electron chi connectivity index (χ0n) is 13.5. The van der Waals surface area contributed by atoms with E-state index in [0.717, 1.165) is 11.3 Å². The molecule has 2 aromatic rings. The van der Waals surface area contributed by atoms with Gasteiger partial charge in [-0.3, -0.25) is 0 Å². The molecule has 0 atom stereocenters. The fraction of sp³-hybridized carbons (Fsp3) is 0.294. The maximum absolute atomic E-state index is 12.6. The molecular formula is C17H21NO4S. The fourth-order valence-corrected chi connectivity index (χ4v) is 3.29. The molecule has 0 spiro atoms. The molecule has 0 aliphatic rings. The first-order valence-corrected chi connectivity index (χ1v) is 8.73. The number of hydrogen-bond donors (Lipinski definition) is 0. The van der Waals surface area contributed by atoms with Gasteiger partial charge in [0.1, 0.15) is 11.5 Å². The van der Waals surface area contributed by atoms with E-state index < -0.39 is 10.0 Å². The molecular weight excluding hydrogens is 314 g/mol. The van der Waals surface area contributed by atoms with Crippen LogP contribution < -0.4 is 9.47 Å². The van der Waals surface area contributed by atoms with Gasteiger partial charge in [0.2, 0.25) is 10.0 Å². The number of methoxy groups -OCH3 is 1. The van der Waals surface area contributed by atoms with Gasteiger partial charge in [0, 0.05) is 13.6 Å². The van der Waals surface area contributed by atoms with Crippen LogP contribution in [0.25, 0.3) is 0 Å². The molecule has 0 unspecified atom stereocenters. The van der Waals surface area contributed by atoms with Crippen LogP contribution in [0.5, 0.6) is 11.5 Å². The summed E-state index contributed by atoms with van der Waals surface area (Å²) in [5.41, 5.74) is 0.896. The largest absolute Gasteiger partial charge is 0.497 e. The number of benzene rings is 2. The van der Waals surface area contributed by atoms with Crippen molar-refractivity contribution in [1.29, 1.82) is 0 Å². The highest BCUT2D eigenvalue weighted by Crippen LogP contribution is 2.21. The van der Waals surface area contributed by atoms with Crippen molar-refractivity contribution in [2.24, 2.45) is 0 Å². The second-order valence-electron chi connectivity index (χ2n) is 5.01. The Labute approximate surface area is 137 Å². The summed E-state index contributed by atoms with van der Waals surface area (Å²) in [6.45, 7) is 2.81. The van der Waals surface area contributed by atoms with Crippen LogP contribution in [0.15, 0.2) is 53.4 Å². The van der Waals surface area contributed by atoms with Crippen LogP contribution in [0.1, 0.15) is 12.5 Å². The van der Waals surface area contributed by atoms with Crippen molar-refractivity contribution < 1.29 is 17.9 Å². The van der Waals surface area contributed by atoms with Crippen LogP contribution in [0, 0.1) is 0 Å². The Morgan fingerprint density at radius 1 is 0.957 bits per heavy atom. The highest BCUT2D eigenvalue weighted by Gasteiger charge is 2.20. The van der Waals surface area contributed by atoms with E-state index in [-0.39, 0.29) is 4.90 Å². The van der Waals surface area contributed by atoms with Gasteiger partial charge in [-0.2, -0.15) is 4.31 Å². The fourth-order valence-electron chi connectivity index (χ4n) is 2.13. The monoisotopic (exact) mass is 335 g/mol. The van der Waals surface area contributed by atoms with Crippen molar-refractivity contribution in [3.63, 3.8) is 0 Å². The predicted octanol–water partition coefficient (Wildman–Crippen LogP) is 2.91. The molecule has 5 nitrogen and oxygen atoms in total. The Kier molecular flexibility index (Phi) is 5.63. The second-order valence-corrected chi connectivity index (χ2v) is 7.06. The molecule has 0 aliphatic heterocycles. The van der Waals surface area contributed by atoms with Crippen molar-refractivity contribution in [3.8, 4) is 11.5 Å². The highest BCUT2D eigenvalue weighted by atomic mass is 32.2. The number of hydrogen-bond acceptors (Lipinski definition) is 4. The van der Waals surface area contributed by atoms with Crippen LogP contribution in [0.2, 0.25) is 0 Å². The molecule has 0 amide bonds. The van der Waals surface area contributed by atoms with E-state index in [1.807, 2.05) is 31.2 Å². The van der Waals surface area contributed by atoms with Crippen molar-refractivity contribution in [1.82, 2.24) is 4.31 Å². The van der Waals surface area contributed by atoms with Gasteiger partial charge in [-0.25, -0.2) is 8.42 Å². The third kappa shape index (κ3) is 4.24. The molecule has 0 bridgehead atoms. The maximum atomic E-state index is 12.6. The number of ether oxygens (including phenoxy) is 2. The second kappa shape index (κ2) is 7.48. The quantitative estimate of drug-likeness (QED) is 0.781. The molecule has 2 aromatic carbocycles. The molecule has 2 rings (SSSR count). The van der Waals surface area contributed by atoms with Crippen molar-refractivity contribution in [2.45, 2.75) is 18.4 Å². The lowest BCUT2D eigenvalue weighted by Gasteiger charge is -2.17. The predicted molar refractivity (Wildman–Crippen MR) is 89.3 cm³/mol. The molecule has 0 saturated heterocycles. The van der Waals surface area contributed by atoms with Crippen LogP contribution in [-0.4, -0.2) is 33.5 Å². The molecule has 0 fully saturated rings. The third-order valence-corrected chi connectivity index (χ3v) is 5.22. The minimum absolute atomic E-state index is 0.242. The molecule has 6 heteroatoms. The topological polar surface area (TPSA) is 55.8 Å². The maximum Gasteiger partial charge on any atom is 0.243 e. The average Bonchev–Trinajstić information content (AvgIpc) is 2.57. The minimum atomic E-state index is -3.54. The first kappa shape index (κ1) is 17.3. The van der Waals surface area contributed by atoms with E-state index in [1.165, 1.54) is 4.31 Å². The van der Waals surface area contributed by atoms with Crippen molar-refractivity contribution >= 4 is 10.0 Å². The highest BCUT2D eigenvalue weighted by molar-refractivity contribution is 7.89. The Hall–Kier alpha value is -2.05. The standard InChI is InChI=1S/C17H21NO4S/c1-4-22-16-7-5-14(6-8-16)13-18(2)23(19,20)17-11-9-15(21-3)10-12-17/h5-12H,4,13H2,1-3H3. The van der Waals surface area contributed by atoms with E-state index in [1.54, 1.807) is 38.4 Å². The van der Waals surface area contributed by atoms with Gasteiger partial charge >= 0.3 is 0 Å². The first-order valence-electron chi connectivity index (χ1n) is 7.29. The van der Waals surface area contributed by atoms with E-state index in [9.17, 15) is 8.42 Å². The lowest BCUT2D eigenvalue weighted by atomic mass is 10.2. The molecule has 0 aromatic heterocycles. The van der Waals surface area contributed by atoms with Crippen molar-refractivity contribution in [2.75, 3.05) is 20.8 Å². The van der Waals surface area contributed by atoms with Gasteiger partial charge in [-0.05, 0) is 48.9 Å². The van der Waals surface area contributed by atoms with Gasteiger partial charge in [0.15, 0.2) is 0 Å². The Balaban J connectivity index is 2.12. The van der Waals surface area contributed by atoms with Crippen LogP contribution in [0.3, 0.4) is 0 Å². The summed E-state index contributed by atoms with van der Waals surface area (Å²) in [5.74, 6) is 1.40. The summed E-state index contributed by atoms with van der Waals surface area (Å²) in [6.07, 6.45) is 0. The van der Waals surface area contributed by atoms with Crippen molar-refractivity contribution in [3.05, 3.63) is 54.1 Å². The Bertz CT molecular complexity index is 724. The zero-order valence-corrected chi connectivity index (χ0v) is 14.3. The van der Waals surface area contributed by atoms with Gasteiger partial charge in [-0.1, -0.05) is 12.1 Å². The smallest absolute Gasteiger partial charge is 0.243 e. The van der Waals surface area contributed by atoms with Gasteiger partial charge in [-0.15, -0.1) is 0 Å².